The minimum Gasteiger partial charge on any atom is -0.481 e. The summed E-state index contributed by atoms with van der Waals surface area (Å²) in [5, 5.41) is 12.5. The van der Waals surface area contributed by atoms with Crippen LogP contribution in [0.2, 0.25) is 0 Å². The highest BCUT2D eigenvalue weighted by Gasteiger charge is 2.23. The molecule has 1 heterocycles. The Kier molecular flexibility index (Phi) is 4.22. The third-order valence-electron chi connectivity index (χ3n) is 2.87. The largest absolute Gasteiger partial charge is 0.481 e. The lowest BCUT2D eigenvalue weighted by molar-refractivity contribution is -0.136. The number of carbonyl (C=O) groups is 2. The molecule has 0 aliphatic heterocycles. The molecule has 1 amide bonds. The lowest BCUT2D eigenvalue weighted by Crippen LogP contribution is -2.33. The quantitative estimate of drug-likeness (QED) is 0.810. The van der Waals surface area contributed by atoms with Gasteiger partial charge < -0.3 is 20.3 Å². The fraction of sp³-hybridized carbons (Fsp3) is 0.214. The van der Waals surface area contributed by atoms with Gasteiger partial charge in [0.1, 0.15) is 5.76 Å². The SMILES string of the molecule is Cc1cc(C(=O)N(CCC(=O)O)c2ccccc2N)no1. The number of carbonyl (C=O) groups excluding carboxylic acids is 1. The number of nitrogens with zero attached hydrogens (tertiary/aromatic N) is 2. The molecule has 110 valence electrons. The van der Waals surface area contributed by atoms with Gasteiger partial charge in [0.2, 0.25) is 0 Å². The predicted molar refractivity (Wildman–Crippen MR) is 76.0 cm³/mol. The van der Waals surface area contributed by atoms with Crippen LogP contribution < -0.4 is 10.6 Å². The lowest BCUT2D eigenvalue weighted by atomic mass is 10.2. The van der Waals surface area contributed by atoms with Crippen molar-refractivity contribution in [1.82, 2.24) is 5.16 Å². The second kappa shape index (κ2) is 6.08. The molecule has 3 N–H and O–H groups in total. The van der Waals surface area contributed by atoms with Crippen molar-refractivity contribution >= 4 is 23.3 Å². The Bertz CT molecular complexity index is 666. The molecule has 0 bridgehead atoms. The third kappa shape index (κ3) is 3.38. The van der Waals surface area contributed by atoms with Crippen molar-refractivity contribution in [2.24, 2.45) is 0 Å². The van der Waals surface area contributed by atoms with Crippen LogP contribution in [0.3, 0.4) is 0 Å². The molecule has 0 atom stereocenters. The molecule has 21 heavy (non-hydrogen) atoms. The van der Waals surface area contributed by atoms with Crippen LogP contribution in [0.4, 0.5) is 11.4 Å². The van der Waals surface area contributed by atoms with Gasteiger partial charge in [0, 0.05) is 12.6 Å². The number of anilines is 2. The molecule has 1 aromatic carbocycles. The molecule has 0 fully saturated rings. The Labute approximate surface area is 120 Å². The zero-order chi connectivity index (χ0) is 15.4. The number of amides is 1. The van der Waals surface area contributed by atoms with Gasteiger partial charge in [0.05, 0.1) is 17.8 Å². The van der Waals surface area contributed by atoms with E-state index in [0.717, 1.165) is 0 Å². The Morgan fingerprint density at radius 3 is 2.67 bits per heavy atom. The van der Waals surface area contributed by atoms with Crippen molar-refractivity contribution < 1.29 is 19.2 Å². The fourth-order valence-corrected chi connectivity index (χ4v) is 1.88. The molecule has 0 radical (unpaired) electrons. The van der Waals surface area contributed by atoms with Crippen molar-refractivity contribution in [3.63, 3.8) is 0 Å². The van der Waals surface area contributed by atoms with Gasteiger partial charge in [-0.2, -0.15) is 0 Å². The number of nitrogen functional groups attached to an aromatic ring is 1. The highest BCUT2D eigenvalue weighted by atomic mass is 16.5. The van der Waals surface area contributed by atoms with E-state index in [1.165, 1.54) is 11.0 Å². The average Bonchev–Trinajstić information content (AvgIpc) is 2.87. The maximum Gasteiger partial charge on any atom is 0.305 e. The molecule has 7 heteroatoms. The van der Waals surface area contributed by atoms with Crippen molar-refractivity contribution in [3.8, 4) is 0 Å². The number of aryl methyl sites for hydroxylation is 1. The maximum absolute atomic E-state index is 12.5. The van der Waals surface area contributed by atoms with Crippen molar-refractivity contribution in [2.45, 2.75) is 13.3 Å². The van der Waals surface area contributed by atoms with Gasteiger partial charge in [-0.05, 0) is 19.1 Å². The second-order valence-electron chi connectivity index (χ2n) is 4.48. The first-order valence-electron chi connectivity index (χ1n) is 6.30. The van der Waals surface area contributed by atoms with E-state index in [9.17, 15) is 9.59 Å². The van der Waals surface area contributed by atoms with E-state index in [0.29, 0.717) is 17.1 Å². The normalized spacial score (nSPS) is 10.3. The van der Waals surface area contributed by atoms with Crippen LogP contribution in [0.5, 0.6) is 0 Å². The zero-order valence-corrected chi connectivity index (χ0v) is 11.4. The molecule has 0 aliphatic carbocycles. The summed E-state index contributed by atoms with van der Waals surface area (Å²) in [6.07, 6.45) is -0.198. The van der Waals surface area contributed by atoms with E-state index < -0.39 is 11.9 Å². The van der Waals surface area contributed by atoms with Gasteiger partial charge in [-0.3, -0.25) is 9.59 Å². The number of rotatable bonds is 5. The number of hydrogen-bond donors (Lipinski definition) is 2. The Morgan fingerprint density at radius 1 is 1.38 bits per heavy atom. The molecule has 0 saturated carbocycles. The molecule has 2 rings (SSSR count). The summed E-state index contributed by atoms with van der Waals surface area (Å²) < 4.78 is 4.88. The zero-order valence-electron chi connectivity index (χ0n) is 11.4. The second-order valence-corrected chi connectivity index (χ2v) is 4.48. The molecular formula is C14H15N3O4. The van der Waals surface area contributed by atoms with Gasteiger partial charge in [0.25, 0.3) is 5.91 Å². The van der Waals surface area contributed by atoms with Gasteiger partial charge in [-0.1, -0.05) is 17.3 Å². The Morgan fingerprint density at radius 2 is 2.10 bits per heavy atom. The number of nitrogens with two attached hydrogens (primary N) is 1. The molecular weight excluding hydrogens is 274 g/mol. The average molecular weight is 289 g/mol. The van der Waals surface area contributed by atoms with Crippen LogP contribution in [-0.2, 0) is 4.79 Å². The van der Waals surface area contributed by atoms with Crippen molar-refractivity contribution in [2.75, 3.05) is 17.2 Å². The highest BCUT2D eigenvalue weighted by molar-refractivity contribution is 6.06. The first-order valence-corrected chi connectivity index (χ1v) is 6.30. The van der Waals surface area contributed by atoms with Gasteiger partial charge in [0.15, 0.2) is 5.69 Å². The Balaban J connectivity index is 2.34. The van der Waals surface area contributed by atoms with Crippen molar-refractivity contribution in [3.05, 3.63) is 41.8 Å². The molecule has 2 aromatic rings. The number of aliphatic carboxylic acids is 1. The number of benzene rings is 1. The van der Waals surface area contributed by atoms with E-state index in [-0.39, 0.29) is 18.7 Å². The smallest absolute Gasteiger partial charge is 0.305 e. The summed E-state index contributed by atoms with van der Waals surface area (Å²) in [5.74, 6) is -0.956. The highest BCUT2D eigenvalue weighted by Crippen LogP contribution is 2.24. The van der Waals surface area contributed by atoms with Crippen LogP contribution in [0, 0.1) is 6.92 Å². The van der Waals surface area contributed by atoms with E-state index in [2.05, 4.69) is 5.16 Å². The number of carboxylic acid groups (broad SMARTS) is 1. The first kappa shape index (κ1) is 14.6. The number of carboxylic acids is 1. The fourth-order valence-electron chi connectivity index (χ4n) is 1.88. The standard InChI is InChI=1S/C14H15N3O4/c1-9-8-11(16-21-9)14(20)17(7-6-13(18)19)12-5-3-2-4-10(12)15/h2-5,8H,6-7,15H2,1H3,(H,18,19). The summed E-state index contributed by atoms with van der Waals surface area (Å²) >= 11 is 0. The molecule has 0 aliphatic rings. The minimum absolute atomic E-state index is 0.00567. The first-order chi connectivity index (χ1) is 9.99. The van der Waals surface area contributed by atoms with Crippen LogP contribution in [0.25, 0.3) is 0 Å². The summed E-state index contributed by atoms with van der Waals surface area (Å²) in [6, 6.07) is 8.25. The van der Waals surface area contributed by atoms with Crippen LogP contribution in [0.15, 0.2) is 34.9 Å². The van der Waals surface area contributed by atoms with Crippen LogP contribution in [0.1, 0.15) is 22.7 Å². The molecule has 0 spiro atoms. The van der Waals surface area contributed by atoms with Crippen LogP contribution >= 0.6 is 0 Å². The van der Waals surface area contributed by atoms with E-state index in [1.54, 1.807) is 31.2 Å². The van der Waals surface area contributed by atoms with E-state index in [1.807, 2.05) is 0 Å². The van der Waals surface area contributed by atoms with E-state index in [4.69, 9.17) is 15.4 Å². The third-order valence-corrected chi connectivity index (χ3v) is 2.87. The summed E-state index contributed by atoms with van der Waals surface area (Å²) in [5.41, 5.74) is 6.81. The van der Waals surface area contributed by atoms with Gasteiger partial charge in [-0.25, -0.2) is 0 Å². The minimum atomic E-state index is -1.00. The molecule has 1 aromatic heterocycles. The summed E-state index contributed by atoms with van der Waals surface area (Å²) in [7, 11) is 0. The predicted octanol–water partition coefficient (Wildman–Crippen LogP) is 1.69. The monoisotopic (exact) mass is 289 g/mol. The molecule has 0 saturated heterocycles. The van der Waals surface area contributed by atoms with Gasteiger partial charge in [-0.15, -0.1) is 0 Å². The number of para-hydroxylation sites is 2. The molecule has 0 unspecified atom stereocenters. The molecule has 7 nitrogen and oxygen atoms in total. The number of hydrogen-bond acceptors (Lipinski definition) is 5. The Hall–Kier alpha value is -2.83. The summed E-state index contributed by atoms with van der Waals surface area (Å²) in [4.78, 5) is 24.6. The lowest BCUT2D eigenvalue weighted by Gasteiger charge is -2.22. The number of aromatic nitrogens is 1. The van der Waals surface area contributed by atoms with Crippen molar-refractivity contribution in [1.29, 1.82) is 0 Å². The maximum atomic E-state index is 12.5. The van der Waals surface area contributed by atoms with E-state index >= 15 is 0 Å². The van der Waals surface area contributed by atoms with Gasteiger partial charge >= 0.3 is 5.97 Å². The summed E-state index contributed by atoms with van der Waals surface area (Å²) in [6.45, 7) is 1.66. The topological polar surface area (TPSA) is 110 Å². The van der Waals surface area contributed by atoms with Crippen LogP contribution in [-0.4, -0.2) is 28.7 Å².